The molecule has 0 spiro atoms. The summed E-state index contributed by atoms with van der Waals surface area (Å²) in [4.78, 5) is 39.5. The molecule has 4 amide bonds. The second-order valence-electron chi connectivity index (χ2n) is 8.08. The zero-order valence-electron chi connectivity index (χ0n) is 18.0. The van der Waals surface area contributed by atoms with Gasteiger partial charge >= 0.3 is 6.03 Å². The van der Waals surface area contributed by atoms with Crippen molar-refractivity contribution in [1.82, 2.24) is 19.4 Å². The highest BCUT2D eigenvalue weighted by Crippen LogP contribution is 2.21. The van der Waals surface area contributed by atoms with Crippen LogP contribution in [0.15, 0.2) is 29.2 Å². The van der Waals surface area contributed by atoms with Crippen LogP contribution in [0, 0.1) is 0 Å². The Labute approximate surface area is 182 Å². The van der Waals surface area contributed by atoms with E-state index in [4.69, 9.17) is 4.74 Å². The first-order chi connectivity index (χ1) is 14.6. The number of ether oxygens (including phenoxy) is 1. The molecule has 0 unspecified atom stereocenters. The molecule has 0 aliphatic carbocycles. The van der Waals surface area contributed by atoms with E-state index in [-0.39, 0.29) is 42.8 Å². The molecule has 0 aromatic heterocycles. The molecular formula is C20H28N4O6S. The van der Waals surface area contributed by atoms with Crippen LogP contribution >= 0.6 is 0 Å². The first-order valence-electron chi connectivity index (χ1n) is 10.1. The van der Waals surface area contributed by atoms with Gasteiger partial charge in [0.25, 0.3) is 5.91 Å². The van der Waals surface area contributed by atoms with Crippen molar-refractivity contribution >= 4 is 27.9 Å². The van der Waals surface area contributed by atoms with Crippen molar-refractivity contribution in [2.45, 2.75) is 37.1 Å². The van der Waals surface area contributed by atoms with Gasteiger partial charge in [0, 0.05) is 39.1 Å². The molecule has 31 heavy (non-hydrogen) atoms. The molecule has 0 saturated carbocycles. The van der Waals surface area contributed by atoms with E-state index >= 15 is 0 Å². The minimum atomic E-state index is -3.64. The number of piperazine rings is 1. The van der Waals surface area contributed by atoms with E-state index in [1.807, 2.05) is 0 Å². The summed E-state index contributed by atoms with van der Waals surface area (Å²) in [5.41, 5.74) is -0.924. The third kappa shape index (κ3) is 4.82. The van der Waals surface area contributed by atoms with Gasteiger partial charge in [0.05, 0.1) is 12.0 Å². The van der Waals surface area contributed by atoms with E-state index in [1.165, 1.54) is 23.5 Å². The molecule has 0 bridgehead atoms. The fourth-order valence-electron chi connectivity index (χ4n) is 3.64. The summed E-state index contributed by atoms with van der Waals surface area (Å²) >= 11 is 0. The Bertz CT molecular complexity index is 952. The van der Waals surface area contributed by atoms with Gasteiger partial charge in [-0.1, -0.05) is 0 Å². The lowest BCUT2D eigenvalue weighted by Crippen LogP contribution is -2.50. The van der Waals surface area contributed by atoms with E-state index in [0.717, 1.165) is 4.90 Å². The van der Waals surface area contributed by atoms with Gasteiger partial charge in [-0.3, -0.25) is 14.5 Å². The summed E-state index contributed by atoms with van der Waals surface area (Å²) in [6.07, 6.45) is 0.543. The van der Waals surface area contributed by atoms with Gasteiger partial charge in [-0.2, -0.15) is 4.31 Å². The molecule has 0 atom stereocenters. The van der Waals surface area contributed by atoms with Gasteiger partial charge in [0.15, 0.2) is 0 Å². The number of benzene rings is 1. The minimum Gasteiger partial charge on any atom is -0.497 e. The maximum absolute atomic E-state index is 12.8. The highest BCUT2D eigenvalue weighted by molar-refractivity contribution is 7.89. The van der Waals surface area contributed by atoms with Crippen LogP contribution in [0.25, 0.3) is 0 Å². The van der Waals surface area contributed by atoms with Crippen LogP contribution in [0.3, 0.4) is 0 Å². The SMILES string of the molecule is COc1ccc(S(=O)(=O)N2CCN(C(=O)CCCN3C(=O)NC(C)(C)C3=O)CC2)cc1. The number of amides is 4. The molecule has 0 radical (unpaired) electrons. The van der Waals surface area contributed by atoms with E-state index in [1.54, 1.807) is 30.9 Å². The van der Waals surface area contributed by atoms with Crippen LogP contribution in [0.4, 0.5) is 4.79 Å². The molecular weight excluding hydrogens is 424 g/mol. The second-order valence-corrected chi connectivity index (χ2v) is 10.0. The van der Waals surface area contributed by atoms with Crippen molar-refractivity contribution in [2.75, 3.05) is 39.8 Å². The van der Waals surface area contributed by atoms with Gasteiger partial charge in [0.1, 0.15) is 11.3 Å². The number of carbonyl (C=O) groups excluding carboxylic acids is 3. The molecule has 2 saturated heterocycles. The van der Waals surface area contributed by atoms with Crippen molar-refractivity contribution in [3.8, 4) is 5.75 Å². The molecule has 2 fully saturated rings. The van der Waals surface area contributed by atoms with Gasteiger partial charge in [-0.25, -0.2) is 13.2 Å². The average Bonchev–Trinajstić information content (AvgIpc) is 2.95. The number of hydrogen-bond donors (Lipinski definition) is 1. The van der Waals surface area contributed by atoms with Crippen LogP contribution in [-0.2, 0) is 19.6 Å². The Morgan fingerprint density at radius 2 is 1.71 bits per heavy atom. The van der Waals surface area contributed by atoms with E-state index in [0.29, 0.717) is 25.3 Å². The average molecular weight is 453 g/mol. The Kier molecular flexibility index (Phi) is 6.56. The largest absolute Gasteiger partial charge is 0.497 e. The molecule has 2 heterocycles. The number of nitrogens with one attached hydrogen (secondary N) is 1. The lowest BCUT2D eigenvalue weighted by atomic mass is 10.1. The van der Waals surface area contributed by atoms with Gasteiger partial charge in [-0.05, 0) is 44.5 Å². The van der Waals surface area contributed by atoms with Gasteiger partial charge < -0.3 is 15.0 Å². The molecule has 1 aromatic rings. The van der Waals surface area contributed by atoms with E-state index in [2.05, 4.69) is 5.32 Å². The van der Waals surface area contributed by atoms with E-state index < -0.39 is 21.6 Å². The molecule has 11 heteroatoms. The monoisotopic (exact) mass is 452 g/mol. The van der Waals surface area contributed by atoms with Crippen molar-refractivity contribution in [2.24, 2.45) is 0 Å². The Morgan fingerprint density at radius 1 is 1.10 bits per heavy atom. The third-order valence-electron chi connectivity index (χ3n) is 5.51. The highest BCUT2D eigenvalue weighted by atomic mass is 32.2. The predicted molar refractivity (Wildman–Crippen MR) is 112 cm³/mol. The van der Waals surface area contributed by atoms with Gasteiger partial charge in [0.2, 0.25) is 15.9 Å². The van der Waals surface area contributed by atoms with Crippen molar-refractivity contribution in [3.05, 3.63) is 24.3 Å². The number of rotatable bonds is 7. The number of urea groups is 1. The number of sulfonamides is 1. The minimum absolute atomic E-state index is 0.118. The zero-order valence-corrected chi connectivity index (χ0v) is 18.8. The molecule has 1 aromatic carbocycles. The van der Waals surface area contributed by atoms with Crippen LogP contribution in [0.5, 0.6) is 5.75 Å². The van der Waals surface area contributed by atoms with Crippen LogP contribution in [0.1, 0.15) is 26.7 Å². The quantitative estimate of drug-likeness (QED) is 0.607. The van der Waals surface area contributed by atoms with E-state index in [9.17, 15) is 22.8 Å². The molecule has 2 aliphatic rings. The number of hydrogen-bond acceptors (Lipinski definition) is 6. The topological polar surface area (TPSA) is 116 Å². The third-order valence-corrected chi connectivity index (χ3v) is 7.42. The standard InChI is InChI=1S/C20H28N4O6S/c1-20(2)18(26)24(19(27)21-20)10-4-5-17(25)22-11-13-23(14-12-22)31(28,29)16-8-6-15(30-3)7-9-16/h6-9H,4-5,10-14H2,1-3H3,(H,21,27). The second kappa shape index (κ2) is 8.83. The fraction of sp³-hybridized carbons (Fsp3) is 0.550. The maximum Gasteiger partial charge on any atom is 0.325 e. The number of methoxy groups -OCH3 is 1. The van der Waals surface area contributed by atoms with Crippen molar-refractivity contribution in [3.63, 3.8) is 0 Å². The number of nitrogens with zero attached hydrogens (tertiary/aromatic N) is 3. The molecule has 10 nitrogen and oxygen atoms in total. The molecule has 3 rings (SSSR count). The summed E-state index contributed by atoms with van der Waals surface area (Å²) in [6, 6.07) is 5.75. The highest BCUT2D eigenvalue weighted by Gasteiger charge is 2.43. The Balaban J connectivity index is 1.48. The summed E-state index contributed by atoms with van der Waals surface area (Å²) < 4.78 is 32.0. The smallest absolute Gasteiger partial charge is 0.325 e. The van der Waals surface area contributed by atoms with Crippen LogP contribution < -0.4 is 10.1 Å². The summed E-state index contributed by atoms with van der Waals surface area (Å²) in [5.74, 6) is 0.154. The van der Waals surface area contributed by atoms with Crippen molar-refractivity contribution in [1.29, 1.82) is 0 Å². The molecule has 170 valence electrons. The fourth-order valence-corrected chi connectivity index (χ4v) is 5.06. The predicted octanol–water partition coefficient (Wildman–Crippen LogP) is 0.639. The van der Waals surface area contributed by atoms with Crippen LogP contribution in [-0.4, -0.2) is 85.7 Å². The van der Waals surface area contributed by atoms with Crippen LogP contribution in [0.2, 0.25) is 0 Å². The number of imide groups is 1. The normalized spacial score (nSPS) is 19.5. The summed E-state index contributed by atoms with van der Waals surface area (Å²) in [6.45, 7) is 4.46. The Morgan fingerprint density at radius 3 is 2.23 bits per heavy atom. The first kappa shape index (κ1) is 23.0. The molecule has 2 aliphatic heterocycles. The summed E-state index contributed by atoms with van der Waals surface area (Å²) in [7, 11) is -2.12. The van der Waals surface area contributed by atoms with Gasteiger partial charge in [-0.15, -0.1) is 0 Å². The Hall–Kier alpha value is -2.66. The zero-order chi connectivity index (χ0) is 22.8. The van der Waals surface area contributed by atoms with Crippen molar-refractivity contribution < 1.29 is 27.5 Å². The lowest BCUT2D eigenvalue weighted by molar-refractivity contribution is -0.133. The summed E-state index contributed by atoms with van der Waals surface area (Å²) in [5, 5.41) is 2.61. The first-order valence-corrected chi connectivity index (χ1v) is 11.6. The maximum atomic E-state index is 12.8. The number of carbonyl (C=O) groups is 3. The molecule has 1 N–H and O–H groups in total. The lowest BCUT2D eigenvalue weighted by Gasteiger charge is -2.34.